The lowest BCUT2D eigenvalue weighted by Gasteiger charge is -2.21. The second-order valence-corrected chi connectivity index (χ2v) is 4.54. The van der Waals surface area contributed by atoms with Gasteiger partial charge in [-0.3, -0.25) is 0 Å². The van der Waals surface area contributed by atoms with Crippen LogP contribution in [-0.2, 0) is 12.0 Å². The van der Waals surface area contributed by atoms with E-state index in [1.165, 1.54) is 0 Å². The van der Waals surface area contributed by atoms with E-state index in [2.05, 4.69) is 10.1 Å². The molecule has 5 heteroatoms. The average Bonchev–Trinajstić information content (AvgIpc) is 2.77. The quantitative estimate of drug-likeness (QED) is 0.891. The number of nitrogens with zero attached hydrogens (tertiary/aromatic N) is 2. The van der Waals surface area contributed by atoms with Gasteiger partial charge in [-0.1, -0.05) is 23.4 Å². The molecule has 0 bridgehead atoms. The van der Waals surface area contributed by atoms with Crippen LogP contribution in [0, 0.1) is 6.92 Å². The largest absolute Gasteiger partial charge is 0.496 e. The van der Waals surface area contributed by atoms with Crippen molar-refractivity contribution in [2.75, 3.05) is 7.11 Å². The molecule has 0 saturated heterocycles. The molecule has 2 rings (SSSR count). The van der Waals surface area contributed by atoms with E-state index < -0.39 is 5.54 Å². The molecule has 96 valence electrons. The Kier molecular flexibility index (Phi) is 3.34. The first-order valence-corrected chi connectivity index (χ1v) is 5.74. The first-order chi connectivity index (χ1) is 8.53. The lowest BCUT2D eigenvalue weighted by atomic mass is 9.92. The zero-order valence-electron chi connectivity index (χ0n) is 10.8. The van der Waals surface area contributed by atoms with Crippen LogP contribution < -0.4 is 10.5 Å². The highest BCUT2D eigenvalue weighted by Gasteiger charge is 2.28. The van der Waals surface area contributed by atoms with Crippen LogP contribution in [0.15, 0.2) is 28.8 Å². The summed E-state index contributed by atoms with van der Waals surface area (Å²) in [6.07, 6.45) is 0.579. The topological polar surface area (TPSA) is 74.2 Å². The number of aromatic nitrogens is 2. The van der Waals surface area contributed by atoms with Crippen LogP contribution >= 0.6 is 0 Å². The van der Waals surface area contributed by atoms with E-state index in [1.807, 2.05) is 31.2 Å². The second-order valence-electron chi connectivity index (χ2n) is 4.54. The molecule has 0 aliphatic heterocycles. The first-order valence-electron chi connectivity index (χ1n) is 5.74. The minimum Gasteiger partial charge on any atom is -0.496 e. The lowest BCUT2D eigenvalue weighted by molar-refractivity contribution is 0.359. The summed E-state index contributed by atoms with van der Waals surface area (Å²) in [6, 6.07) is 7.77. The number of aryl methyl sites for hydroxylation is 1. The highest BCUT2D eigenvalue weighted by Crippen LogP contribution is 2.26. The van der Waals surface area contributed by atoms with Crippen molar-refractivity contribution in [3.63, 3.8) is 0 Å². The third-order valence-electron chi connectivity index (χ3n) is 2.79. The van der Waals surface area contributed by atoms with Crippen molar-refractivity contribution in [3.05, 3.63) is 41.5 Å². The molecule has 0 amide bonds. The Labute approximate surface area is 106 Å². The van der Waals surface area contributed by atoms with Crippen molar-refractivity contribution >= 4 is 0 Å². The summed E-state index contributed by atoms with van der Waals surface area (Å²) in [5.41, 5.74) is 6.60. The number of nitrogens with two attached hydrogens (primary N) is 1. The van der Waals surface area contributed by atoms with E-state index in [0.29, 0.717) is 18.1 Å². The van der Waals surface area contributed by atoms with Gasteiger partial charge in [0, 0.05) is 13.3 Å². The van der Waals surface area contributed by atoms with Crippen molar-refractivity contribution in [1.29, 1.82) is 0 Å². The van der Waals surface area contributed by atoms with Crippen LogP contribution in [0.25, 0.3) is 0 Å². The second kappa shape index (κ2) is 4.78. The molecule has 0 aliphatic rings. The maximum absolute atomic E-state index is 6.27. The summed E-state index contributed by atoms with van der Waals surface area (Å²) in [5.74, 6) is 1.84. The number of benzene rings is 1. The van der Waals surface area contributed by atoms with Crippen LogP contribution in [0.4, 0.5) is 0 Å². The molecular weight excluding hydrogens is 230 g/mol. The van der Waals surface area contributed by atoms with E-state index in [-0.39, 0.29) is 0 Å². The summed E-state index contributed by atoms with van der Waals surface area (Å²) in [6.45, 7) is 3.62. The van der Waals surface area contributed by atoms with Gasteiger partial charge in [0.15, 0.2) is 5.82 Å². The van der Waals surface area contributed by atoms with Crippen molar-refractivity contribution in [2.24, 2.45) is 5.73 Å². The third-order valence-corrected chi connectivity index (χ3v) is 2.79. The Morgan fingerprint density at radius 3 is 2.72 bits per heavy atom. The number of ether oxygens (including phenoxy) is 1. The summed E-state index contributed by atoms with van der Waals surface area (Å²) in [5, 5.41) is 3.89. The SMILES string of the molecule is COc1ccccc1CC(C)(N)c1noc(C)n1. The molecule has 0 spiro atoms. The molecular formula is C13H17N3O2. The highest BCUT2D eigenvalue weighted by atomic mass is 16.5. The smallest absolute Gasteiger partial charge is 0.223 e. The van der Waals surface area contributed by atoms with Gasteiger partial charge in [0.25, 0.3) is 0 Å². The summed E-state index contributed by atoms with van der Waals surface area (Å²) < 4.78 is 10.3. The molecule has 1 unspecified atom stereocenters. The molecule has 1 atom stereocenters. The molecule has 0 aliphatic carbocycles. The van der Waals surface area contributed by atoms with Crippen molar-refractivity contribution < 1.29 is 9.26 Å². The Bertz CT molecular complexity index is 535. The molecule has 0 radical (unpaired) electrons. The highest BCUT2D eigenvalue weighted by molar-refractivity contribution is 5.35. The van der Waals surface area contributed by atoms with Crippen molar-refractivity contribution in [2.45, 2.75) is 25.8 Å². The predicted octanol–water partition coefficient (Wildman–Crippen LogP) is 1.80. The number of hydrogen-bond donors (Lipinski definition) is 1. The fraction of sp³-hybridized carbons (Fsp3) is 0.385. The van der Waals surface area contributed by atoms with E-state index >= 15 is 0 Å². The van der Waals surface area contributed by atoms with Gasteiger partial charge in [-0.05, 0) is 18.6 Å². The van der Waals surface area contributed by atoms with E-state index in [1.54, 1.807) is 14.0 Å². The summed E-state index contributed by atoms with van der Waals surface area (Å²) in [4.78, 5) is 4.19. The lowest BCUT2D eigenvalue weighted by Crippen LogP contribution is -2.36. The number of methoxy groups -OCH3 is 1. The number of para-hydroxylation sites is 1. The van der Waals surface area contributed by atoms with E-state index in [9.17, 15) is 0 Å². The van der Waals surface area contributed by atoms with E-state index in [0.717, 1.165) is 11.3 Å². The molecule has 1 heterocycles. The zero-order chi connectivity index (χ0) is 13.2. The first kappa shape index (κ1) is 12.6. The Balaban J connectivity index is 2.27. The minimum absolute atomic E-state index is 0.505. The van der Waals surface area contributed by atoms with Crippen LogP contribution in [-0.4, -0.2) is 17.3 Å². The van der Waals surface area contributed by atoms with Crippen LogP contribution in [0.5, 0.6) is 5.75 Å². The Morgan fingerprint density at radius 2 is 2.11 bits per heavy atom. The number of hydrogen-bond acceptors (Lipinski definition) is 5. The number of rotatable bonds is 4. The molecule has 0 fully saturated rings. The molecule has 5 nitrogen and oxygen atoms in total. The van der Waals surface area contributed by atoms with Gasteiger partial charge < -0.3 is 15.0 Å². The van der Waals surface area contributed by atoms with E-state index in [4.69, 9.17) is 15.0 Å². The molecule has 1 aromatic carbocycles. The van der Waals surface area contributed by atoms with Gasteiger partial charge >= 0.3 is 0 Å². The summed E-state index contributed by atoms with van der Waals surface area (Å²) in [7, 11) is 1.64. The van der Waals surface area contributed by atoms with Gasteiger partial charge in [0.05, 0.1) is 12.6 Å². The van der Waals surface area contributed by atoms with Crippen LogP contribution in [0.3, 0.4) is 0 Å². The van der Waals surface area contributed by atoms with Gasteiger partial charge in [-0.25, -0.2) is 0 Å². The van der Waals surface area contributed by atoms with Gasteiger partial charge in [0.2, 0.25) is 5.89 Å². The molecule has 2 N–H and O–H groups in total. The molecule has 0 saturated carbocycles. The molecule has 2 aromatic rings. The van der Waals surface area contributed by atoms with Gasteiger partial charge in [-0.2, -0.15) is 4.98 Å². The maximum Gasteiger partial charge on any atom is 0.223 e. The fourth-order valence-corrected chi connectivity index (χ4v) is 1.85. The van der Waals surface area contributed by atoms with Crippen LogP contribution in [0.1, 0.15) is 24.2 Å². The molecule has 18 heavy (non-hydrogen) atoms. The molecule has 1 aromatic heterocycles. The minimum atomic E-state index is -0.688. The Hall–Kier alpha value is -1.88. The van der Waals surface area contributed by atoms with Crippen molar-refractivity contribution in [1.82, 2.24) is 10.1 Å². The monoisotopic (exact) mass is 247 g/mol. The maximum atomic E-state index is 6.27. The zero-order valence-corrected chi connectivity index (χ0v) is 10.8. The Morgan fingerprint density at radius 1 is 1.39 bits per heavy atom. The third kappa shape index (κ3) is 2.51. The van der Waals surface area contributed by atoms with Gasteiger partial charge in [-0.15, -0.1) is 0 Å². The predicted molar refractivity (Wildman–Crippen MR) is 67.3 cm³/mol. The fourth-order valence-electron chi connectivity index (χ4n) is 1.85. The summed E-state index contributed by atoms with van der Waals surface area (Å²) >= 11 is 0. The van der Waals surface area contributed by atoms with Crippen molar-refractivity contribution in [3.8, 4) is 5.75 Å². The normalized spacial score (nSPS) is 14.2. The standard InChI is InChI=1S/C13H17N3O2/c1-9-15-12(16-18-9)13(2,14)8-10-6-4-5-7-11(10)17-3/h4-7H,8,14H2,1-3H3. The van der Waals surface area contributed by atoms with Crippen LogP contribution in [0.2, 0.25) is 0 Å². The average molecular weight is 247 g/mol. The van der Waals surface area contributed by atoms with Gasteiger partial charge in [0.1, 0.15) is 5.75 Å².